The Morgan fingerprint density at radius 2 is 1.81 bits per heavy atom. The van der Waals surface area contributed by atoms with E-state index in [1.54, 1.807) is 32.0 Å². The first-order chi connectivity index (χ1) is 12.5. The van der Waals surface area contributed by atoms with Gasteiger partial charge in [0.15, 0.2) is 5.69 Å². The fourth-order valence-corrected chi connectivity index (χ4v) is 2.64. The Morgan fingerprint density at radius 3 is 2.46 bits per heavy atom. The summed E-state index contributed by atoms with van der Waals surface area (Å²) in [7, 11) is 0. The van der Waals surface area contributed by atoms with Crippen molar-refractivity contribution in [1.29, 1.82) is 0 Å². The summed E-state index contributed by atoms with van der Waals surface area (Å²) in [4.78, 5) is 24.4. The van der Waals surface area contributed by atoms with Crippen LogP contribution in [0.1, 0.15) is 41.6 Å². The summed E-state index contributed by atoms with van der Waals surface area (Å²) in [6, 6.07) is 14.9. The lowest BCUT2D eigenvalue weighted by atomic mass is 10.2. The van der Waals surface area contributed by atoms with Crippen LogP contribution < -0.4 is 4.74 Å². The number of ether oxygens (including phenoxy) is 2. The largest absolute Gasteiger partial charge is 0.487 e. The number of benzene rings is 2. The third-order valence-corrected chi connectivity index (χ3v) is 3.74. The highest BCUT2D eigenvalue weighted by Crippen LogP contribution is 2.29. The van der Waals surface area contributed by atoms with Crippen LogP contribution in [0.25, 0.3) is 10.9 Å². The number of hydrogen-bond donors (Lipinski definition) is 0. The van der Waals surface area contributed by atoms with Gasteiger partial charge in [0.05, 0.1) is 6.10 Å². The average Bonchev–Trinajstić information content (AvgIpc) is 3.01. The van der Waals surface area contributed by atoms with Crippen molar-refractivity contribution in [3.63, 3.8) is 0 Å². The zero-order chi connectivity index (χ0) is 18.7. The maximum Gasteiger partial charge on any atom is 0.359 e. The number of hydrogen-bond acceptors (Lipinski definition) is 5. The fourth-order valence-electron chi connectivity index (χ4n) is 2.64. The summed E-state index contributed by atoms with van der Waals surface area (Å²) in [5, 5.41) is 4.69. The molecule has 0 saturated heterocycles. The number of carbonyl (C=O) groups is 2. The zero-order valence-electron chi connectivity index (χ0n) is 14.9. The molecular weight excluding hydrogens is 332 g/mol. The van der Waals surface area contributed by atoms with E-state index < -0.39 is 5.97 Å². The summed E-state index contributed by atoms with van der Waals surface area (Å²) in [5.41, 5.74) is 1.57. The number of esters is 1. The van der Waals surface area contributed by atoms with E-state index in [1.807, 2.05) is 30.3 Å². The van der Waals surface area contributed by atoms with Gasteiger partial charge in [0, 0.05) is 12.3 Å². The van der Waals surface area contributed by atoms with E-state index in [-0.39, 0.29) is 17.7 Å². The number of fused-ring (bicyclic) bond motifs is 1. The Balaban J connectivity index is 2.03. The number of para-hydroxylation sites is 1. The lowest BCUT2D eigenvalue weighted by molar-refractivity contribution is 0.0372. The summed E-state index contributed by atoms with van der Waals surface area (Å²) in [5.74, 6) is -0.391. The van der Waals surface area contributed by atoms with Crippen molar-refractivity contribution in [2.24, 2.45) is 0 Å². The monoisotopic (exact) mass is 352 g/mol. The van der Waals surface area contributed by atoms with Crippen molar-refractivity contribution in [3.05, 3.63) is 59.8 Å². The van der Waals surface area contributed by atoms with Crippen LogP contribution in [0.3, 0.4) is 0 Å². The quantitative estimate of drug-likeness (QED) is 0.653. The molecule has 26 heavy (non-hydrogen) atoms. The minimum absolute atomic E-state index is 0.106. The van der Waals surface area contributed by atoms with E-state index in [0.29, 0.717) is 23.3 Å². The first-order valence-electron chi connectivity index (χ1n) is 8.37. The molecule has 0 aliphatic rings. The Bertz CT molecular complexity index is 945. The molecule has 0 bridgehead atoms. The predicted molar refractivity (Wildman–Crippen MR) is 97.4 cm³/mol. The van der Waals surface area contributed by atoms with Gasteiger partial charge in [-0.15, -0.1) is 0 Å². The van der Waals surface area contributed by atoms with Gasteiger partial charge in [-0.1, -0.05) is 42.5 Å². The maximum absolute atomic E-state index is 12.3. The smallest absolute Gasteiger partial charge is 0.359 e. The third kappa shape index (κ3) is 3.59. The minimum atomic E-state index is -0.565. The van der Waals surface area contributed by atoms with E-state index in [1.165, 1.54) is 11.6 Å². The van der Waals surface area contributed by atoms with E-state index in [2.05, 4.69) is 5.10 Å². The second-order valence-electron chi connectivity index (χ2n) is 6.16. The normalized spacial score (nSPS) is 10.9. The molecule has 134 valence electrons. The molecule has 2 aromatic carbocycles. The molecule has 3 rings (SSSR count). The summed E-state index contributed by atoms with van der Waals surface area (Å²) >= 11 is 0. The molecule has 0 radical (unpaired) electrons. The van der Waals surface area contributed by atoms with E-state index in [9.17, 15) is 9.59 Å². The van der Waals surface area contributed by atoms with Gasteiger partial charge in [0.1, 0.15) is 17.9 Å². The van der Waals surface area contributed by atoms with Gasteiger partial charge >= 0.3 is 5.97 Å². The molecule has 0 fully saturated rings. The van der Waals surface area contributed by atoms with Crippen molar-refractivity contribution < 1.29 is 19.1 Å². The first-order valence-corrected chi connectivity index (χ1v) is 8.37. The minimum Gasteiger partial charge on any atom is -0.487 e. The molecule has 0 aliphatic carbocycles. The van der Waals surface area contributed by atoms with Crippen LogP contribution in [-0.4, -0.2) is 27.8 Å². The molecule has 1 heterocycles. The molecule has 0 amide bonds. The van der Waals surface area contributed by atoms with Gasteiger partial charge in [0.25, 0.3) is 0 Å². The van der Waals surface area contributed by atoms with Crippen LogP contribution in [0.4, 0.5) is 0 Å². The molecule has 1 aromatic heterocycles. The van der Waals surface area contributed by atoms with Gasteiger partial charge in [-0.25, -0.2) is 4.79 Å². The Kier molecular flexibility index (Phi) is 5.02. The van der Waals surface area contributed by atoms with Crippen molar-refractivity contribution >= 4 is 22.8 Å². The SMILES string of the molecule is CC(=O)n1nc(C(=O)OC(C)C)c2cccc(OCc3ccccc3)c21. The molecule has 0 aliphatic heterocycles. The van der Waals surface area contributed by atoms with Crippen LogP contribution in [0.15, 0.2) is 48.5 Å². The molecular formula is C20H20N2O4. The zero-order valence-corrected chi connectivity index (χ0v) is 14.9. The van der Waals surface area contributed by atoms with Gasteiger partial charge in [-0.3, -0.25) is 4.79 Å². The summed E-state index contributed by atoms with van der Waals surface area (Å²) in [6.45, 7) is 5.25. The highest BCUT2D eigenvalue weighted by molar-refractivity contribution is 6.06. The molecule has 0 spiro atoms. The Labute approximate surface area is 151 Å². The second kappa shape index (κ2) is 7.39. The number of carbonyl (C=O) groups excluding carboxylic acids is 2. The van der Waals surface area contributed by atoms with Gasteiger partial charge in [-0.2, -0.15) is 9.78 Å². The average molecular weight is 352 g/mol. The summed E-state index contributed by atoms with van der Waals surface area (Å²) in [6.07, 6.45) is -0.280. The van der Waals surface area contributed by atoms with Gasteiger partial charge in [0.2, 0.25) is 5.91 Å². The Hall–Kier alpha value is -3.15. The highest BCUT2D eigenvalue weighted by Gasteiger charge is 2.23. The molecule has 0 N–H and O–H groups in total. The van der Waals surface area contributed by atoms with Gasteiger partial charge in [-0.05, 0) is 25.5 Å². The number of aromatic nitrogens is 2. The Morgan fingerprint density at radius 1 is 1.08 bits per heavy atom. The number of nitrogens with zero attached hydrogens (tertiary/aromatic N) is 2. The first kappa shape index (κ1) is 17.7. The third-order valence-electron chi connectivity index (χ3n) is 3.74. The molecule has 0 unspecified atom stereocenters. The van der Waals surface area contributed by atoms with E-state index >= 15 is 0 Å². The van der Waals surface area contributed by atoms with Crippen molar-refractivity contribution in [3.8, 4) is 5.75 Å². The molecule has 0 atom stereocenters. The molecule has 6 nitrogen and oxygen atoms in total. The van der Waals surface area contributed by atoms with Crippen molar-refractivity contribution in [1.82, 2.24) is 9.78 Å². The lowest BCUT2D eigenvalue weighted by Crippen LogP contribution is -2.14. The molecule has 0 saturated carbocycles. The standard InChI is InChI=1S/C20H20N2O4/c1-13(2)26-20(24)18-16-10-7-11-17(19(16)22(21-18)14(3)23)25-12-15-8-5-4-6-9-15/h4-11,13H,12H2,1-3H3. The lowest BCUT2D eigenvalue weighted by Gasteiger charge is -2.09. The maximum atomic E-state index is 12.3. The van der Waals surface area contributed by atoms with Crippen LogP contribution in [0.2, 0.25) is 0 Å². The highest BCUT2D eigenvalue weighted by atomic mass is 16.5. The van der Waals surface area contributed by atoms with Crippen LogP contribution in [0.5, 0.6) is 5.75 Å². The van der Waals surface area contributed by atoms with Crippen LogP contribution >= 0.6 is 0 Å². The predicted octanol–water partition coefficient (Wildman–Crippen LogP) is 3.84. The fraction of sp³-hybridized carbons (Fsp3) is 0.250. The summed E-state index contributed by atoms with van der Waals surface area (Å²) < 4.78 is 12.3. The van der Waals surface area contributed by atoms with Crippen molar-refractivity contribution in [2.75, 3.05) is 0 Å². The second-order valence-corrected chi connectivity index (χ2v) is 6.16. The van der Waals surface area contributed by atoms with E-state index in [4.69, 9.17) is 9.47 Å². The number of rotatable bonds is 5. The van der Waals surface area contributed by atoms with Crippen LogP contribution in [0, 0.1) is 0 Å². The topological polar surface area (TPSA) is 70.4 Å². The molecule has 6 heteroatoms. The van der Waals surface area contributed by atoms with Gasteiger partial charge < -0.3 is 9.47 Å². The van der Waals surface area contributed by atoms with Crippen molar-refractivity contribution in [2.45, 2.75) is 33.5 Å². The molecule has 3 aromatic rings. The van der Waals surface area contributed by atoms with E-state index in [0.717, 1.165) is 5.56 Å². The van der Waals surface area contributed by atoms with Crippen LogP contribution in [-0.2, 0) is 11.3 Å².